The molecule has 0 unspecified atom stereocenters. The molecule has 0 amide bonds. The fourth-order valence-corrected chi connectivity index (χ4v) is 2.81. The summed E-state index contributed by atoms with van der Waals surface area (Å²) in [4.78, 5) is 4.66. The summed E-state index contributed by atoms with van der Waals surface area (Å²) in [6.45, 7) is 2.51. The number of pyridine rings is 1. The number of aryl methyl sites for hydroxylation is 1. The molecule has 0 spiro atoms. The Bertz CT molecular complexity index is 1040. The molecule has 4 rings (SSSR count). The van der Waals surface area contributed by atoms with Crippen molar-refractivity contribution in [3.8, 4) is 0 Å². The van der Waals surface area contributed by atoms with Gasteiger partial charge in [-0.2, -0.15) is 0 Å². The van der Waals surface area contributed by atoms with Crippen molar-refractivity contribution in [1.29, 1.82) is 0 Å². The predicted molar refractivity (Wildman–Crippen MR) is 102 cm³/mol. The van der Waals surface area contributed by atoms with E-state index in [1.54, 1.807) is 12.1 Å². The number of anilines is 3. The van der Waals surface area contributed by atoms with Crippen LogP contribution in [-0.2, 0) is 6.54 Å². The van der Waals surface area contributed by atoms with Crippen LogP contribution in [0.15, 0.2) is 71.1 Å². The van der Waals surface area contributed by atoms with Gasteiger partial charge in [0, 0.05) is 16.8 Å². The SMILES string of the molecule is Cc1ccc(CNc2ccc3c(Nc4ccc(F)cc4)cccc3n2)o1. The van der Waals surface area contributed by atoms with Crippen LogP contribution in [0.5, 0.6) is 0 Å². The highest BCUT2D eigenvalue weighted by molar-refractivity contribution is 5.93. The summed E-state index contributed by atoms with van der Waals surface area (Å²) in [5.74, 6) is 2.30. The van der Waals surface area contributed by atoms with E-state index in [0.29, 0.717) is 6.54 Å². The Kier molecular flexibility index (Phi) is 4.27. The molecule has 2 aromatic carbocycles. The van der Waals surface area contributed by atoms with Crippen LogP contribution in [0, 0.1) is 12.7 Å². The Hall–Kier alpha value is -3.34. The molecule has 0 bridgehead atoms. The number of nitrogens with zero attached hydrogens (tertiary/aromatic N) is 1. The van der Waals surface area contributed by atoms with E-state index in [0.717, 1.165) is 39.6 Å². The fraction of sp³-hybridized carbons (Fsp3) is 0.0952. The standard InChI is InChI=1S/C21H18FN3O/c1-14-5-10-17(26-14)13-23-21-12-11-18-19(3-2-4-20(18)25-21)24-16-8-6-15(22)7-9-16/h2-12,24H,13H2,1H3,(H,23,25). The number of benzene rings is 2. The Morgan fingerprint density at radius 1 is 0.962 bits per heavy atom. The molecular formula is C21H18FN3O. The van der Waals surface area contributed by atoms with Gasteiger partial charge < -0.3 is 15.1 Å². The zero-order valence-corrected chi connectivity index (χ0v) is 14.3. The summed E-state index contributed by atoms with van der Waals surface area (Å²) in [5, 5.41) is 7.58. The highest BCUT2D eigenvalue weighted by Gasteiger charge is 2.05. The van der Waals surface area contributed by atoms with Crippen LogP contribution in [0.2, 0.25) is 0 Å². The molecule has 0 atom stereocenters. The third-order valence-corrected chi connectivity index (χ3v) is 4.09. The minimum Gasteiger partial charge on any atom is -0.465 e. The Labute approximate surface area is 150 Å². The lowest BCUT2D eigenvalue weighted by Crippen LogP contribution is -2.00. The minimum atomic E-state index is -0.252. The largest absolute Gasteiger partial charge is 0.465 e. The Balaban J connectivity index is 1.56. The van der Waals surface area contributed by atoms with Crippen molar-refractivity contribution >= 4 is 28.1 Å². The van der Waals surface area contributed by atoms with Crippen LogP contribution in [-0.4, -0.2) is 4.98 Å². The maximum absolute atomic E-state index is 13.1. The second-order valence-electron chi connectivity index (χ2n) is 6.07. The van der Waals surface area contributed by atoms with E-state index in [-0.39, 0.29) is 5.82 Å². The van der Waals surface area contributed by atoms with Crippen molar-refractivity contribution in [3.63, 3.8) is 0 Å². The third kappa shape index (κ3) is 3.52. The monoisotopic (exact) mass is 347 g/mol. The van der Waals surface area contributed by atoms with E-state index in [2.05, 4.69) is 15.6 Å². The predicted octanol–water partition coefficient (Wildman–Crippen LogP) is 5.63. The first-order valence-corrected chi connectivity index (χ1v) is 8.39. The van der Waals surface area contributed by atoms with Gasteiger partial charge in [-0.15, -0.1) is 0 Å². The van der Waals surface area contributed by atoms with Gasteiger partial charge in [-0.05, 0) is 67.6 Å². The first kappa shape index (κ1) is 16.1. The molecule has 0 aliphatic heterocycles. The second-order valence-corrected chi connectivity index (χ2v) is 6.07. The van der Waals surface area contributed by atoms with Crippen LogP contribution in [0.4, 0.5) is 21.6 Å². The summed E-state index contributed by atoms with van der Waals surface area (Å²) in [5.41, 5.74) is 2.63. The molecule has 0 fully saturated rings. The van der Waals surface area contributed by atoms with Gasteiger partial charge in [-0.3, -0.25) is 0 Å². The first-order valence-electron chi connectivity index (χ1n) is 8.39. The molecular weight excluding hydrogens is 329 g/mol. The van der Waals surface area contributed by atoms with Crippen molar-refractivity contribution in [2.45, 2.75) is 13.5 Å². The molecule has 2 N–H and O–H groups in total. The molecule has 0 radical (unpaired) electrons. The molecule has 0 aliphatic carbocycles. The molecule has 0 saturated heterocycles. The highest BCUT2D eigenvalue weighted by atomic mass is 19.1. The van der Waals surface area contributed by atoms with Crippen molar-refractivity contribution in [2.24, 2.45) is 0 Å². The molecule has 0 saturated carbocycles. The van der Waals surface area contributed by atoms with Crippen molar-refractivity contribution in [3.05, 3.63) is 84.1 Å². The molecule has 2 heterocycles. The molecule has 4 nitrogen and oxygen atoms in total. The van der Waals surface area contributed by atoms with Crippen LogP contribution in [0.1, 0.15) is 11.5 Å². The lowest BCUT2D eigenvalue weighted by Gasteiger charge is -2.11. The lowest BCUT2D eigenvalue weighted by atomic mass is 10.1. The van der Waals surface area contributed by atoms with E-state index in [1.807, 2.05) is 49.4 Å². The number of nitrogens with one attached hydrogen (secondary N) is 2. The van der Waals surface area contributed by atoms with Crippen molar-refractivity contribution in [1.82, 2.24) is 4.98 Å². The quantitative estimate of drug-likeness (QED) is 0.491. The van der Waals surface area contributed by atoms with Gasteiger partial charge in [0.15, 0.2) is 0 Å². The van der Waals surface area contributed by atoms with Crippen LogP contribution in [0.3, 0.4) is 0 Å². The summed E-state index contributed by atoms with van der Waals surface area (Å²) >= 11 is 0. The molecule has 130 valence electrons. The van der Waals surface area contributed by atoms with Crippen molar-refractivity contribution in [2.75, 3.05) is 10.6 Å². The number of furan rings is 1. The molecule has 0 aliphatic rings. The molecule has 5 heteroatoms. The van der Waals surface area contributed by atoms with E-state index in [4.69, 9.17) is 4.42 Å². The second kappa shape index (κ2) is 6.88. The van der Waals surface area contributed by atoms with Gasteiger partial charge in [0.05, 0.1) is 12.1 Å². The maximum atomic E-state index is 13.1. The number of hydrogen-bond donors (Lipinski definition) is 2. The Morgan fingerprint density at radius 3 is 2.58 bits per heavy atom. The zero-order valence-electron chi connectivity index (χ0n) is 14.3. The van der Waals surface area contributed by atoms with Gasteiger partial charge in [0.1, 0.15) is 23.2 Å². The number of aromatic nitrogens is 1. The number of halogens is 1. The average Bonchev–Trinajstić information content (AvgIpc) is 3.07. The van der Waals surface area contributed by atoms with Gasteiger partial charge in [-0.1, -0.05) is 6.07 Å². The molecule has 2 aromatic heterocycles. The summed E-state index contributed by atoms with van der Waals surface area (Å²) in [6.07, 6.45) is 0. The van der Waals surface area contributed by atoms with Crippen LogP contribution in [0.25, 0.3) is 10.9 Å². The minimum absolute atomic E-state index is 0.252. The van der Waals surface area contributed by atoms with Gasteiger partial charge in [0.25, 0.3) is 0 Å². The van der Waals surface area contributed by atoms with E-state index < -0.39 is 0 Å². The summed E-state index contributed by atoms with van der Waals surface area (Å²) in [7, 11) is 0. The normalized spacial score (nSPS) is 10.8. The van der Waals surface area contributed by atoms with Crippen LogP contribution < -0.4 is 10.6 Å². The van der Waals surface area contributed by atoms with Crippen molar-refractivity contribution < 1.29 is 8.81 Å². The fourth-order valence-electron chi connectivity index (χ4n) is 2.81. The van der Waals surface area contributed by atoms with E-state index in [1.165, 1.54) is 12.1 Å². The highest BCUT2D eigenvalue weighted by Crippen LogP contribution is 2.27. The molecule has 26 heavy (non-hydrogen) atoms. The topological polar surface area (TPSA) is 50.1 Å². The smallest absolute Gasteiger partial charge is 0.127 e. The third-order valence-electron chi connectivity index (χ3n) is 4.09. The lowest BCUT2D eigenvalue weighted by molar-refractivity contribution is 0.490. The summed E-state index contributed by atoms with van der Waals surface area (Å²) in [6, 6.07) is 20.0. The number of hydrogen-bond acceptors (Lipinski definition) is 4. The average molecular weight is 347 g/mol. The molecule has 4 aromatic rings. The zero-order chi connectivity index (χ0) is 17.9. The van der Waals surface area contributed by atoms with Gasteiger partial charge in [0.2, 0.25) is 0 Å². The van der Waals surface area contributed by atoms with E-state index in [9.17, 15) is 4.39 Å². The van der Waals surface area contributed by atoms with Gasteiger partial charge in [-0.25, -0.2) is 9.37 Å². The summed E-state index contributed by atoms with van der Waals surface area (Å²) < 4.78 is 18.6. The van der Waals surface area contributed by atoms with Gasteiger partial charge >= 0.3 is 0 Å². The van der Waals surface area contributed by atoms with E-state index >= 15 is 0 Å². The number of rotatable bonds is 5. The number of fused-ring (bicyclic) bond motifs is 1. The van der Waals surface area contributed by atoms with Crippen LogP contribution >= 0.6 is 0 Å². The maximum Gasteiger partial charge on any atom is 0.127 e. The first-order chi connectivity index (χ1) is 12.7. The Morgan fingerprint density at radius 2 is 1.81 bits per heavy atom.